The average molecular weight is 254 g/mol. The molecular formula is C14H26N2S. The third-order valence-electron chi connectivity index (χ3n) is 5.02. The van der Waals surface area contributed by atoms with Crippen molar-refractivity contribution in [2.24, 2.45) is 5.92 Å². The van der Waals surface area contributed by atoms with Gasteiger partial charge >= 0.3 is 0 Å². The van der Waals surface area contributed by atoms with Crippen molar-refractivity contribution in [3.63, 3.8) is 0 Å². The van der Waals surface area contributed by atoms with E-state index in [1.54, 1.807) is 0 Å². The maximum atomic E-state index is 3.83. The number of nitrogens with one attached hydrogen (secondary N) is 1. The van der Waals surface area contributed by atoms with Crippen LogP contribution in [0.15, 0.2) is 0 Å². The average Bonchev–Trinajstić information content (AvgIpc) is 3.18. The summed E-state index contributed by atoms with van der Waals surface area (Å²) in [5.74, 6) is 3.71. The molecule has 17 heavy (non-hydrogen) atoms. The molecule has 98 valence electrons. The van der Waals surface area contributed by atoms with Crippen LogP contribution in [0.3, 0.4) is 0 Å². The number of hydrogen-bond acceptors (Lipinski definition) is 3. The van der Waals surface area contributed by atoms with Crippen LogP contribution in [0.25, 0.3) is 0 Å². The Bertz CT molecular complexity index is 273. The summed E-state index contributed by atoms with van der Waals surface area (Å²) in [7, 11) is 0. The summed E-state index contributed by atoms with van der Waals surface area (Å²) in [5.41, 5.74) is 0.414. The van der Waals surface area contributed by atoms with Gasteiger partial charge in [-0.3, -0.25) is 4.90 Å². The zero-order chi connectivity index (χ0) is 11.9. The van der Waals surface area contributed by atoms with Crippen LogP contribution >= 0.6 is 11.8 Å². The highest BCUT2D eigenvalue weighted by atomic mass is 32.2. The lowest BCUT2D eigenvalue weighted by molar-refractivity contribution is 0.0427. The molecule has 0 aromatic carbocycles. The quantitative estimate of drug-likeness (QED) is 0.814. The molecule has 3 heteroatoms. The Morgan fingerprint density at radius 1 is 1.18 bits per heavy atom. The van der Waals surface area contributed by atoms with E-state index in [1.165, 1.54) is 50.3 Å². The number of rotatable bonds is 2. The molecule has 2 unspecified atom stereocenters. The second-order valence-electron chi connectivity index (χ2n) is 6.44. The molecule has 2 saturated heterocycles. The van der Waals surface area contributed by atoms with Gasteiger partial charge in [0.1, 0.15) is 0 Å². The standard InChI is InChI=1S/C14H26N2S/c1-11-9-15-14(2,12-3-4-12)10-16(11)13-5-7-17-8-6-13/h11-13,15H,3-10H2,1-2H3. The van der Waals surface area contributed by atoms with Crippen LogP contribution < -0.4 is 5.32 Å². The predicted octanol–water partition coefficient (Wildman–Crippen LogP) is 2.34. The minimum absolute atomic E-state index is 0.414. The van der Waals surface area contributed by atoms with Crippen LogP contribution in [0.1, 0.15) is 39.5 Å². The molecule has 0 radical (unpaired) electrons. The summed E-state index contributed by atoms with van der Waals surface area (Å²) >= 11 is 2.14. The van der Waals surface area contributed by atoms with Gasteiger partial charge in [0.05, 0.1) is 0 Å². The van der Waals surface area contributed by atoms with Crippen molar-refractivity contribution < 1.29 is 0 Å². The molecule has 3 aliphatic rings. The maximum Gasteiger partial charge on any atom is 0.0309 e. The highest BCUT2D eigenvalue weighted by Crippen LogP contribution is 2.42. The van der Waals surface area contributed by atoms with Crippen molar-refractivity contribution in [2.45, 2.75) is 57.2 Å². The van der Waals surface area contributed by atoms with Crippen LogP contribution in [0.4, 0.5) is 0 Å². The number of thioether (sulfide) groups is 1. The van der Waals surface area contributed by atoms with E-state index in [-0.39, 0.29) is 0 Å². The van der Waals surface area contributed by atoms with E-state index in [9.17, 15) is 0 Å². The molecule has 2 nitrogen and oxygen atoms in total. The highest BCUT2D eigenvalue weighted by molar-refractivity contribution is 7.99. The lowest BCUT2D eigenvalue weighted by Gasteiger charge is -2.49. The first-order valence-corrected chi connectivity index (χ1v) is 8.43. The van der Waals surface area contributed by atoms with Gasteiger partial charge in [-0.2, -0.15) is 11.8 Å². The molecular weight excluding hydrogens is 228 g/mol. The normalized spacial score (nSPS) is 41.6. The first-order chi connectivity index (χ1) is 8.19. The molecule has 1 aliphatic carbocycles. The summed E-state index contributed by atoms with van der Waals surface area (Å²) in [5, 5.41) is 3.83. The van der Waals surface area contributed by atoms with E-state index in [0.717, 1.165) is 18.0 Å². The Hall–Kier alpha value is 0.270. The molecule has 0 aromatic rings. The van der Waals surface area contributed by atoms with Crippen molar-refractivity contribution in [1.29, 1.82) is 0 Å². The van der Waals surface area contributed by atoms with Gasteiger partial charge in [0, 0.05) is 30.7 Å². The Balaban J connectivity index is 1.68. The number of hydrogen-bond donors (Lipinski definition) is 1. The Morgan fingerprint density at radius 2 is 1.88 bits per heavy atom. The van der Waals surface area contributed by atoms with Gasteiger partial charge in [0.2, 0.25) is 0 Å². The van der Waals surface area contributed by atoms with Gasteiger partial charge in [0.25, 0.3) is 0 Å². The van der Waals surface area contributed by atoms with Crippen molar-refractivity contribution in [1.82, 2.24) is 10.2 Å². The number of piperazine rings is 1. The second-order valence-corrected chi connectivity index (χ2v) is 7.66. The van der Waals surface area contributed by atoms with Gasteiger partial charge in [-0.1, -0.05) is 0 Å². The Morgan fingerprint density at radius 3 is 2.53 bits per heavy atom. The van der Waals surface area contributed by atoms with E-state index in [4.69, 9.17) is 0 Å². The molecule has 3 rings (SSSR count). The lowest BCUT2D eigenvalue weighted by atomic mass is 9.89. The van der Waals surface area contributed by atoms with Gasteiger partial charge in [0.15, 0.2) is 0 Å². The van der Waals surface area contributed by atoms with Crippen LogP contribution in [0.2, 0.25) is 0 Å². The minimum atomic E-state index is 0.414. The molecule has 1 N–H and O–H groups in total. The fourth-order valence-electron chi connectivity index (χ4n) is 3.59. The molecule has 0 spiro atoms. The summed E-state index contributed by atoms with van der Waals surface area (Å²) in [6, 6.07) is 1.60. The fraction of sp³-hybridized carbons (Fsp3) is 1.00. The van der Waals surface area contributed by atoms with Gasteiger partial charge < -0.3 is 5.32 Å². The van der Waals surface area contributed by atoms with E-state index in [1.807, 2.05) is 0 Å². The van der Waals surface area contributed by atoms with Gasteiger partial charge in [-0.25, -0.2) is 0 Å². The molecule has 0 aromatic heterocycles. The zero-order valence-corrected chi connectivity index (χ0v) is 12.1. The molecule has 2 heterocycles. The maximum absolute atomic E-state index is 3.83. The van der Waals surface area contributed by atoms with E-state index in [0.29, 0.717) is 5.54 Å². The minimum Gasteiger partial charge on any atom is -0.308 e. The summed E-state index contributed by atoms with van der Waals surface area (Å²) in [6.45, 7) is 7.34. The first kappa shape index (κ1) is 12.3. The van der Waals surface area contributed by atoms with Crippen LogP contribution in [0.5, 0.6) is 0 Å². The molecule has 2 atom stereocenters. The third-order valence-corrected chi connectivity index (χ3v) is 6.07. The summed E-state index contributed by atoms with van der Waals surface area (Å²) in [6.07, 6.45) is 5.73. The van der Waals surface area contributed by atoms with Crippen molar-refractivity contribution in [3.05, 3.63) is 0 Å². The van der Waals surface area contributed by atoms with Crippen molar-refractivity contribution in [3.8, 4) is 0 Å². The first-order valence-electron chi connectivity index (χ1n) is 7.27. The number of nitrogens with zero attached hydrogens (tertiary/aromatic N) is 1. The van der Waals surface area contributed by atoms with E-state index in [2.05, 4.69) is 35.8 Å². The Labute approximate surface area is 110 Å². The van der Waals surface area contributed by atoms with Crippen LogP contribution in [0, 0.1) is 5.92 Å². The van der Waals surface area contributed by atoms with Crippen molar-refractivity contribution >= 4 is 11.8 Å². The van der Waals surface area contributed by atoms with E-state index < -0.39 is 0 Å². The molecule has 0 bridgehead atoms. The molecule has 0 amide bonds. The van der Waals surface area contributed by atoms with Crippen molar-refractivity contribution in [2.75, 3.05) is 24.6 Å². The van der Waals surface area contributed by atoms with E-state index >= 15 is 0 Å². The highest BCUT2D eigenvalue weighted by Gasteiger charge is 2.46. The summed E-state index contributed by atoms with van der Waals surface area (Å²) in [4.78, 5) is 2.83. The lowest BCUT2D eigenvalue weighted by Crippen LogP contribution is -2.65. The van der Waals surface area contributed by atoms with Gasteiger partial charge in [-0.05, 0) is 57.0 Å². The SMILES string of the molecule is CC1CNC(C)(C2CC2)CN1C1CCSCC1. The predicted molar refractivity (Wildman–Crippen MR) is 75.6 cm³/mol. The second kappa shape index (κ2) is 4.75. The topological polar surface area (TPSA) is 15.3 Å². The Kier molecular flexibility index (Phi) is 3.44. The van der Waals surface area contributed by atoms with Crippen LogP contribution in [-0.4, -0.2) is 47.1 Å². The molecule has 2 aliphatic heterocycles. The summed E-state index contributed by atoms with van der Waals surface area (Å²) < 4.78 is 0. The fourth-order valence-corrected chi connectivity index (χ4v) is 4.67. The van der Waals surface area contributed by atoms with Gasteiger partial charge in [-0.15, -0.1) is 0 Å². The largest absolute Gasteiger partial charge is 0.308 e. The molecule has 3 fully saturated rings. The zero-order valence-electron chi connectivity index (χ0n) is 11.2. The third kappa shape index (κ3) is 2.52. The molecule has 1 saturated carbocycles. The van der Waals surface area contributed by atoms with Crippen LogP contribution in [-0.2, 0) is 0 Å². The smallest absolute Gasteiger partial charge is 0.0309 e. The monoisotopic (exact) mass is 254 g/mol.